The minimum absolute atomic E-state index is 0.0352. The molecule has 160 valence electrons. The van der Waals surface area contributed by atoms with Crippen LogP contribution in [0.4, 0.5) is 0 Å². The predicted molar refractivity (Wildman–Crippen MR) is 114 cm³/mol. The van der Waals surface area contributed by atoms with Crippen molar-refractivity contribution in [1.29, 1.82) is 0 Å². The van der Waals surface area contributed by atoms with Gasteiger partial charge >= 0.3 is 0 Å². The van der Waals surface area contributed by atoms with E-state index in [9.17, 15) is 9.59 Å². The summed E-state index contributed by atoms with van der Waals surface area (Å²) in [6, 6.07) is 11.0. The average Bonchev–Trinajstić information content (AvgIpc) is 2.74. The first kappa shape index (κ1) is 21.6. The van der Waals surface area contributed by atoms with Crippen molar-refractivity contribution in [3.63, 3.8) is 0 Å². The molecule has 7 nitrogen and oxygen atoms in total. The van der Waals surface area contributed by atoms with E-state index in [-0.39, 0.29) is 24.0 Å². The van der Waals surface area contributed by atoms with Crippen molar-refractivity contribution in [2.24, 2.45) is 0 Å². The van der Waals surface area contributed by atoms with Gasteiger partial charge in [-0.1, -0.05) is 18.2 Å². The Hall–Kier alpha value is -3.09. The van der Waals surface area contributed by atoms with Crippen LogP contribution in [0.5, 0.6) is 11.6 Å². The molecule has 2 amide bonds. The summed E-state index contributed by atoms with van der Waals surface area (Å²) in [6.45, 7) is 5.10. The molecule has 1 aliphatic rings. The lowest BCUT2D eigenvalue weighted by molar-refractivity contribution is -0.131. The summed E-state index contributed by atoms with van der Waals surface area (Å²) in [7, 11) is 1.61. The number of hydrogen-bond acceptors (Lipinski definition) is 5. The van der Waals surface area contributed by atoms with Crippen molar-refractivity contribution in [2.45, 2.75) is 45.3 Å². The van der Waals surface area contributed by atoms with Crippen LogP contribution in [0.3, 0.4) is 0 Å². The molecule has 1 N–H and O–H groups in total. The van der Waals surface area contributed by atoms with Crippen molar-refractivity contribution >= 4 is 11.8 Å². The zero-order valence-electron chi connectivity index (χ0n) is 17.8. The molecule has 0 bridgehead atoms. The Labute approximate surface area is 177 Å². The summed E-state index contributed by atoms with van der Waals surface area (Å²) >= 11 is 0. The van der Waals surface area contributed by atoms with Crippen LogP contribution in [-0.2, 0) is 11.2 Å². The third-order valence-electron chi connectivity index (χ3n) is 5.07. The summed E-state index contributed by atoms with van der Waals surface area (Å²) < 4.78 is 10.8. The molecule has 2 aromatic rings. The Morgan fingerprint density at radius 2 is 1.90 bits per heavy atom. The highest BCUT2D eigenvalue weighted by Gasteiger charge is 2.24. The van der Waals surface area contributed by atoms with Gasteiger partial charge in [0, 0.05) is 37.0 Å². The number of carbonyl (C=O) groups is 2. The number of piperidine rings is 1. The highest BCUT2D eigenvalue weighted by molar-refractivity contribution is 5.94. The van der Waals surface area contributed by atoms with Crippen molar-refractivity contribution in [1.82, 2.24) is 15.2 Å². The van der Waals surface area contributed by atoms with Gasteiger partial charge in [0.1, 0.15) is 5.75 Å². The summed E-state index contributed by atoms with van der Waals surface area (Å²) in [5.74, 6) is 1.15. The van der Waals surface area contributed by atoms with Crippen LogP contribution < -0.4 is 14.8 Å². The fraction of sp³-hybridized carbons (Fsp3) is 0.435. The van der Waals surface area contributed by atoms with Crippen LogP contribution in [0.1, 0.15) is 42.6 Å². The number of nitrogens with one attached hydrogen (secondary N) is 1. The normalized spacial score (nSPS) is 14.5. The van der Waals surface area contributed by atoms with Gasteiger partial charge in [0.15, 0.2) is 0 Å². The number of likely N-dealkylation sites (tertiary alicyclic amines) is 1. The third-order valence-corrected chi connectivity index (χ3v) is 5.07. The number of benzene rings is 1. The first-order chi connectivity index (χ1) is 14.5. The summed E-state index contributed by atoms with van der Waals surface area (Å²) in [5.41, 5.74) is 1.39. The molecule has 30 heavy (non-hydrogen) atoms. The molecule has 1 fully saturated rings. The molecular weight excluding hydrogens is 382 g/mol. The first-order valence-corrected chi connectivity index (χ1v) is 10.3. The number of amides is 2. The minimum Gasteiger partial charge on any atom is -0.496 e. The molecule has 2 heterocycles. The maximum absolute atomic E-state index is 12.7. The highest BCUT2D eigenvalue weighted by Crippen LogP contribution is 2.20. The zero-order chi connectivity index (χ0) is 21.5. The van der Waals surface area contributed by atoms with E-state index in [1.54, 1.807) is 19.2 Å². The van der Waals surface area contributed by atoms with E-state index in [0.29, 0.717) is 31.0 Å². The lowest BCUT2D eigenvalue weighted by atomic mass is 10.0. The second kappa shape index (κ2) is 10.1. The van der Waals surface area contributed by atoms with Crippen LogP contribution in [0.2, 0.25) is 0 Å². The van der Waals surface area contributed by atoms with Crippen LogP contribution in [0.15, 0.2) is 42.6 Å². The minimum atomic E-state index is -0.155. The third kappa shape index (κ3) is 5.72. The molecule has 1 aromatic carbocycles. The smallest absolute Gasteiger partial charge is 0.253 e. The van der Waals surface area contributed by atoms with Gasteiger partial charge < -0.3 is 19.7 Å². The van der Waals surface area contributed by atoms with Gasteiger partial charge in [-0.15, -0.1) is 0 Å². The highest BCUT2D eigenvalue weighted by atomic mass is 16.5. The van der Waals surface area contributed by atoms with Crippen LogP contribution in [0, 0.1) is 0 Å². The van der Waals surface area contributed by atoms with Gasteiger partial charge in [-0.05, 0) is 38.8 Å². The van der Waals surface area contributed by atoms with Crippen molar-refractivity contribution in [3.8, 4) is 11.6 Å². The summed E-state index contributed by atoms with van der Waals surface area (Å²) in [5, 5.41) is 3.05. The van der Waals surface area contributed by atoms with Crippen LogP contribution >= 0.6 is 0 Å². The number of ether oxygens (including phenoxy) is 2. The van der Waals surface area contributed by atoms with E-state index >= 15 is 0 Å². The molecule has 0 atom stereocenters. The van der Waals surface area contributed by atoms with E-state index in [4.69, 9.17) is 9.47 Å². The Morgan fingerprint density at radius 3 is 2.53 bits per heavy atom. The molecule has 0 aliphatic carbocycles. The monoisotopic (exact) mass is 411 g/mol. The number of hydrogen-bond donors (Lipinski definition) is 1. The van der Waals surface area contributed by atoms with E-state index in [1.807, 2.05) is 43.0 Å². The maximum atomic E-state index is 12.7. The van der Waals surface area contributed by atoms with Gasteiger partial charge in [0.25, 0.3) is 5.91 Å². The standard InChI is InChI=1S/C23H29N3O4/c1-16(2)30-21-9-8-18(15-24-21)23(28)25-19-10-12-26(13-11-19)22(27)14-17-6-4-5-7-20(17)29-3/h4-9,15-16,19H,10-14H2,1-3H3,(H,25,28). The second-order valence-corrected chi connectivity index (χ2v) is 7.67. The number of para-hydroxylation sites is 1. The fourth-order valence-electron chi connectivity index (χ4n) is 3.49. The van der Waals surface area contributed by atoms with Gasteiger partial charge in [-0.3, -0.25) is 9.59 Å². The molecule has 1 saturated heterocycles. The van der Waals surface area contributed by atoms with Gasteiger partial charge in [-0.2, -0.15) is 0 Å². The van der Waals surface area contributed by atoms with Crippen molar-refractivity contribution in [2.75, 3.05) is 20.2 Å². The number of nitrogens with zero attached hydrogens (tertiary/aromatic N) is 2. The van der Waals surface area contributed by atoms with E-state index in [2.05, 4.69) is 10.3 Å². The van der Waals surface area contributed by atoms with Gasteiger partial charge in [0.05, 0.1) is 25.2 Å². The molecule has 1 aliphatic heterocycles. The number of carbonyl (C=O) groups excluding carboxylic acids is 2. The Bertz CT molecular complexity index is 859. The van der Waals surface area contributed by atoms with E-state index < -0.39 is 0 Å². The topological polar surface area (TPSA) is 80.8 Å². The molecule has 0 saturated carbocycles. The molecule has 0 unspecified atom stereocenters. The largest absolute Gasteiger partial charge is 0.496 e. The summed E-state index contributed by atoms with van der Waals surface area (Å²) in [4.78, 5) is 31.2. The van der Waals surface area contributed by atoms with Crippen molar-refractivity contribution < 1.29 is 19.1 Å². The molecule has 7 heteroatoms. The second-order valence-electron chi connectivity index (χ2n) is 7.67. The number of rotatable bonds is 7. The fourth-order valence-corrected chi connectivity index (χ4v) is 3.49. The molecule has 0 spiro atoms. The van der Waals surface area contributed by atoms with E-state index in [1.165, 1.54) is 6.20 Å². The molecule has 3 rings (SSSR count). The van der Waals surface area contributed by atoms with E-state index in [0.717, 1.165) is 24.2 Å². The Morgan fingerprint density at radius 1 is 1.17 bits per heavy atom. The Balaban J connectivity index is 1.48. The summed E-state index contributed by atoms with van der Waals surface area (Å²) in [6.07, 6.45) is 3.33. The van der Waals surface area contributed by atoms with Crippen LogP contribution in [0.25, 0.3) is 0 Å². The Kier molecular flexibility index (Phi) is 7.27. The lowest BCUT2D eigenvalue weighted by Crippen LogP contribution is -2.47. The predicted octanol–water partition coefficient (Wildman–Crippen LogP) is 2.84. The van der Waals surface area contributed by atoms with Gasteiger partial charge in [-0.25, -0.2) is 4.98 Å². The average molecular weight is 412 g/mol. The molecule has 0 radical (unpaired) electrons. The lowest BCUT2D eigenvalue weighted by Gasteiger charge is -2.32. The SMILES string of the molecule is COc1ccccc1CC(=O)N1CCC(NC(=O)c2ccc(OC(C)C)nc2)CC1. The first-order valence-electron chi connectivity index (χ1n) is 10.3. The zero-order valence-corrected chi connectivity index (χ0v) is 17.8. The van der Waals surface area contributed by atoms with Gasteiger partial charge in [0.2, 0.25) is 11.8 Å². The molecule has 1 aromatic heterocycles. The quantitative estimate of drug-likeness (QED) is 0.758. The van der Waals surface area contributed by atoms with Crippen LogP contribution in [-0.4, -0.2) is 54.0 Å². The van der Waals surface area contributed by atoms with Crippen molar-refractivity contribution in [3.05, 3.63) is 53.7 Å². The number of pyridine rings is 1. The number of methoxy groups -OCH3 is 1. The maximum Gasteiger partial charge on any atom is 0.253 e. The number of aromatic nitrogens is 1. The molecular formula is C23H29N3O4.